The molecule has 0 saturated carbocycles. The molecule has 33 heavy (non-hydrogen) atoms. The highest BCUT2D eigenvalue weighted by Gasteiger charge is 2.40. The summed E-state index contributed by atoms with van der Waals surface area (Å²) in [6.07, 6.45) is 1.43. The fraction of sp³-hybridized carbons (Fsp3) is 0. The van der Waals surface area contributed by atoms with E-state index in [-0.39, 0.29) is 27.8 Å². The van der Waals surface area contributed by atoms with Crippen LogP contribution in [-0.4, -0.2) is 38.3 Å². The van der Waals surface area contributed by atoms with Gasteiger partial charge < -0.3 is 5.11 Å². The van der Waals surface area contributed by atoms with Crippen LogP contribution in [0, 0.1) is 11.6 Å². The molecule has 0 aliphatic carbocycles. The number of nitrogens with zero attached hydrogens (tertiary/aromatic N) is 3. The SMILES string of the molecule is O=C(O)c1ccc(-c2ccc(F)c(N3C(=O)c4ccc(-c5cn[nH]n5)cc4C3=O)c2F)cc1. The molecular formula is C23H12F2N4O4. The fourth-order valence-electron chi connectivity index (χ4n) is 3.71. The number of anilines is 1. The van der Waals surface area contributed by atoms with Gasteiger partial charge in [-0.05, 0) is 42.0 Å². The lowest BCUT2D eigenvalue weighted by molar-refractivity contribution is 0.0696. The van der Waals surface area contributed by atoms with Crippen LogP contribution in [0.15, 0.2) is 60.8 Å². The van der Waals surface area contributed by atoms with E-state index in [1.807, 2.05) is 0 Å². The van der Waals surface area contributed by atoms with Gasteiger partial charge in [-0.15, -0.1) is 0 Å². The van der Waals surface area contributed by atoms with E-state index in [0.29, 0.717) is 16.2 Å². The number of fused-ring (bicyclic) bond motifs is 1. The molecule has 0 fully saturated rings. The van der Waals surface area contributed by atoms with Crippen LogP contribution in [0.2, 0.25) is 0 Å². The molecule has 2 heterocycles. The molecule has 2 amide bonds. The Morgan fingerprint density at radius 1 is 0.879 bits per heavy atom. The first-order chi connectivity index (χ1) is 15.9. The number of rotatable bonds is 4. The summed E-state index contributed by atoms with van der Waals surface area (Å²) >= 11 is 0. The Labute approximate surface area is 184 Å². The van der Waals surface area contributed by atoms with Crippen LogP contribution in [0.5, 0.6) is 0 Å². The molecule has 0 bridgehead atoms. The number of carbonyl (C=O) groups excluding carboxylic acids is 2. The fourth-order valence-corrected chi connectivity index (χ4v) is 3.71. The van der Waals surface area contributed by atoms with Crippen LogP contribution in [0.3, 0.4) is 0 Å². The van der Waals surface area contributed by atoms with Crippen molar-refractivity contribution in [3.05, 3.63) is 89.1 Å². The Balaban J connectivity index is 1.59. The minimum atomic E-state index is -1.15. The first-order valence-electron chi connectivity index (χ1n) is 9.57. The van der Waals surface area contributed by atoms with Crippen LogP contribution < -0.4 is 4.90 Å². The number of nitrogens with one attached hydrogen (secondary N) is 1. The van der Waals surface area contributed by atoms with Gasteiger partial charge in [-0.1, -0.05) is 18.2 Å². The summed E-state index contributed by atoms with van der Waals surface area (Å²) < 4.78 is 30.2. The molecular weight excluding hydrogens is 434 g/mol. The second-order valence-corrected chi connectivity index (χ2v) is 7.20. The average molecular weight is 446 g/mol. The molecule has 1 aromatic heterocycles. The van der Waals surface area contributed by atoms with Gasteiger partial charge in [0.15, 0.2) is 5.82 Å². The summed E-state index contributed by atoms with van der Waals surface area (Å²) in [6, 6.07) is 11.7. The highest BCUT2D eigenvalue weighted by atomic mass is 19.1. The number of benzene rings is 3. The first-order valence-corrected chi connectivity index (χ1v) is 9.57. The van der Waals surface area contributed by atoms with Crippen molar-refractivity contribution in [2.45, 2.75) is 0 Å². The quantitative estimate of drug-likeness (QED) is 0.459. The van der Waals surface area contributed by atoms with Crippen molar-refractivity contribution < 1.29 is 28.3 Å². The molecule has 8 nitrogen and oxygen atoms in total. The van der Waals surface area contributed by atoms with Crippen molar-refractivity contribution in [1.29, 1.82) is 0 Å². The smallest absolute Gasteiger partial charge is 0.335 e. The van der Waals surface area contributed by atoms with Gasteiger partial charge in [0.2, 0.25) is 0 Å². The predicted molar refractivity (Wildman–Crippen MR) is 112 cm³/mol. The lowest BCUT2D eigenvalue weighted by atomic mass is 10.0. The molecule has 0 unspecified atom stereocenters. The van der Waals surface area contributed by atoms with Crippen molar-refractivity contribution >= 4 is 23.5 Å². The number of carboxylic acid groups (broad SMARTS) is 1. The minimum absolute atomic E-state index is 0.00209. The zero-order valence-electron chi connectivity index (χ0n) is 16.5. The van der Waals surface area contributed by atoms with Gasteiger partial charge in [-0.3, -0.25) is 9.59 Å². The van der Waals surface area contributed by atoms with Crippen LogP contribution in [0.25, 0.3) is 22.4 Å². The van der Waals surface area contributed by atoms with Gasteiger partial charge in [0.1, 0.15) is 17.2 Å². The molecule has 4 aromatic rings. The number of amides is 2. The monoisotopic (exact) mass is 446 g/mol. The van der Waals surface area contributed by atoms with Crippen LogP contribution in [-0.2, 0) is 0 Å². The lowest BCUT2D eigenvalue weighted by Gasteiger charge is -2.17. The number of aromatic nitrogens is 3. The number of aromatic carboxylic acids is 1. The molecule has 10 heteroatoms. The molecule has 0 radical (unpaired) electrons. The van der Waals surface area contributed by atoms with Crippen molar-refractivity contribution in [2.24, 2.45) is 0 Å². The van der Waals surface area contributed by atoms with E-state index in [9.17, 15) is 18.8 Å². The van der Waals surface area contributed by atoms with Gasteiger partial charge in [0, 0.05) is 11.1 Å². The summed E-state index contributed by atoms with van der Waals surface area (Å²) in [4.78, 5) is 37.5. The van der Waals surface area contributed by atoms with Crippen LogP contribution in [0.4, 0.5) is 14.5 Å². The van der Waals surface area contributed by atoms with Gasteiger partial charge in [-0.2, -0.15) is 15.4 Å². The Kier molecular flexibility index (Phi) is 4.56. The van der Waals surface area contributed by atoms with Crippen LogP contribution >= 0.6 is 0 Å². The minimum Gasteiger partial charge on any atom is -0.478 e. The molecule has 1 aliphatic rings. The van der Waals surface area contributed by atoms with E-state index < -0.39 is 35.1 Å². The molecule has 1 aliphatic heterocycles. The molecule has 0 saturated heterocycles. The van der Waals surface area contributed by atoms with E-state index in [1.165, 1.54) is 42.6 Å². The van der Waals surface area contributed by atoms with Gasteiger partial charge in [0.25, 0.3) is 11.8 Å². The first kappa shape index (κ1) is 20.2. The highest BCUT2D eigenvalue weighted by Crippen LogP contribution is 2.37. The molecule has 162 valence electrons. The lowest BCUT2D eigenvalue weighted by Crippen LogP contribution is -2.31. The highest BCUT2D eigenvalue weighted by molar-refractivity contribution is 6.34. The maximum Gasteiger partial charge on any atom is 0.335 e. The van der Waals surface area contributed by atoms with Crippen molar-refractivity contribution in [3.8, 4) is 22.4 Å². The Bertz CT molecular complexity index is 1450. The van der Waals surface area contributed by atoms with E-state index in [0.717, 1.165) is 12.1 Å². The predicted octanol–water partition coefficient (Wildman–Crippen LogP) is 3.92. The maximum absolute atomic E-state index is 15.5. The van der Waals surface area contributed by atoms with Gasteiger partial charge in [0.05, 0.1) is 22.9 Å². The number of aromatic amines is 1. The van der Waals surface area contributed by atoms with Gasteiger partial charge >= 0.3 is 5.97 Å². The average Bonchev–Trinajstić information content (AvgIpc) is 3.43. The Hall–Kier alpha value is -4.73. The van der Waals surface area contributed by atoms with Crippen molar-refractivity contribution in [1.82, 2.24) is 15.4 Å². The number of carbonyl (C=O) groups is 3. The summed E-state index contributed by atoms with van der Waals surface area (Å²) in [7, 11) is 0. The third-order valence-electron chi connectivity index (χ3n) is 5.33. The number of imide groups is 1. The van der Waals surface area contributed by atoms with Gasteiger partial charge in [-0.25, -0.2) is 18.5 Å². The zero-order valence-corrected chi connectivity index (χ0v) is 16.5. The topological polar surface area (TPSA) is 116 Å². The zero-order chi connectivity index (χ0) is 23.3. The van der Waals surface area contributed by atoms with E-state index in [1.54, 1.807) is 6.07 Å². The summed E-state index contributed by atoms with van der Waals surface area (Å²) in [5.74, 6) is -5.11. The number of carboxylic acids is 1. The molecule has 0 spiro atoms. The standard InChI is InChI=1S/C23H12F2N4O4/c24-17-8-7-14(11-1-3-12(4-2-11)23(32)33)19(25)20(17)29-21(30)15-6-5-13(9-16(15)22(29)31)18-10-26-28-27-18/h1-10H,(H,32,33)(H,26,27,28). The number of hydrogen-bond donors (Lipinski definition) is 2. The van der Waals surface area contributed by atoms with E-state index >= 15 is 4.39 Å². The summed E-state index contributed by atoms with van der Waals surface area (Å²) in [6.45, 7) is 0. The van der Waals surface area contributed by atoms with Crippen LogP contribution in [0.1, 0.15) is 31.1 Å². The third kappa shape index (κ3) is 3.16. The summed E-state index contributed by atoms with van der Waals surface area (Å²) in [5.41, 5.74) is 0.262. The second-order valence-electron chi connectivity index (χ2n) is 7.20. The molecule has 3 aromatic carbocycles. The number of H-pyrrole nitrogens is 1. The normalized spacial score (nSPS) is 12.8. The Morgan fingerprint density at radius 2 is 1.55 bits per heavy atom. The molecule has 2 N–H and O–H groups in total. The Morgan fingerprint density at radius 3 is 2.21 bits per heavy atom. The number of hydrogen-bond acceptors (Lipinski definition) is 5. The number of halogens is 2. The van der Waals surface area contributed by atoms with E-state index in [4.69, 9.17) is 5.11 Å². The molecule has 5 rings (SSSR count). The van der Waals surface area contributed by atoms with Crippen molar-refractivity contribution in [2.75, 3.05) is 4.90 Å². The van der Waals surface area contributed by atoms with Crippen molar-refractivity contribution in [3.63, 3.8) is 0 Å². The van der Waals surface area contributed by atoms with E-state index in [2.05, 4.69) is 15.4 Å². The maximum atomic E-state index is 15.5. The summed E-state index contributed by atoms with van der Waals surface area (Å²) in [5, 5.41) is 19.1. The second kappa shape index (κ2) is 7.45. The largest absolute Gasteiger partial charge is 0.478 e. The molecule has 0 atom stereocenters. The third-order valence-corrected chi connectivity index (χ3v) is 5.33.